The lowest BCUT2D eigenvalue weighted by Crippen LogP contribution is -2.49. The Balaban J connectivity index is 2.26. The molecule has 0 amide bonds. The van der Waals surface area contributed by atoms with Gasteiger partial charge in [-0.2, -0.15) is 0 Å². The third-order valence-corrected chi connectivity index (χ3v) is 2.48. The van der Waals surface area contributed by atoms with Crippen LogP contribution in [-0.4, -0.2) is 37.4 Å². The van der Waals surface area contributed by atoms with Crippen LogP contribution < -0.4 is 10.6 Å². The van der Waals surface area contributed by atoms with Gasteiger partial charge in [-0.25, -0.2) is 0 Å². The summed E-state index contributed by atoms with van der Waals surface area (Å²) < 4.78 is 0. The Bertz CT molecular complexity index is 121. The predicted molar refractivity (Wildman–Crippen MR) is 56.6 cm³/mol. The van der Waals surface area contributed by atoms with Crippen molar-refractivity contribution in [1.82, 2.24) is 15.5 Å². The topological polar surface area (TPSA) is 27.3 Å². The van der Waals surface area contributed by atoms with Crippen molar-refractivity contribution >= 4 is 0 Å². The van der Waals surface area contributed by atoms with Gasteiger partial charge in [-0.1, -0.05) is 20.3 Å². The number of hydrogen-bond acceptors (Lipinski definition) is 3. The second-order valence-electron chi connectivity index (χ2n) is 3.70. The first kappa shape index (κ1) is 11.0. The van der Waals surface area contributed by atoms with Gasteiger partial charge in [-0.15, -0.1) is 0 Å². The molecule has 2 N–H and O–H groups in total. The molecule has 0 saturated carbocycles. The number of rotatable bonds is 6. The maximum atomic E-state index is 3.47. The summed E-state index contributed by atoms with van der Waals surface area (Å²) in [7, 11) is 0. The summed E-state index contributed by atoms with van der Waals surface area (Å²) in [5.74, 6) is 0. The van der Waals surface area contributed by atoms with Gasteiger partial charge in [0.15, 0.2) is 0 Å². The van der Waals surface area contributed by atoms with Gasteiger partial charge in [-0.05, 0) is 12.8 Å². The summed E-state index contributed by atoms with van der Waals surface area (Å²) in [5.41, 5.74) is 0. The van der Waals surface area contributed by atoms with E-state index in [1.54, 1.807) is 0 Å². The van der Waals surface area contributed by atoms with Gasteiger partial charge in [0.1, 0.15) is 6.29 Å². The van der Waals surface area contributed by atoms with E-state index >= 15 is 0 Å². The zero-order chi connectivity index (χ0) is 9.52. The van der Waals surface area contributed by atoms with Crippen molar-refractivity contribution in [3.05, 3.63) is 0 Å². The van der Waals surface area contributed by atoms with E-state index in [-0.39, 0.29) is 0 Å². The van der Waals surface area contributed by atoms with Gasteiger partial charge in [0, 0.05) is 26.2 Å². The summed E-state index contributed by atoms with van der Waals surface area (Å²) >= 11 is 0. The van der Waals surface area contributed by atoms with E-state index in [0.29, 0.717) is 6.29 Å². The van der Waals surface area contributed by atoms with Gasteiger partial charge in [0.25, 0.3) is 0 Å². The SMILES string of the molecule is CCCCN(CCC)C1NCCN1. The Kier molecular flexibility index (Phi) is 5.35. The largest absolute Gasteiger partial charge is 0.288 e. The molecule has 0 spiro atoms. The van der Waals surface area contributed by atoms with Crippen LogP contribution in [0.4, 0.5) is 0 Å². The highest BCUT2D eigenvalue weighted by Gasteiger charge is 2.19. The van der Waals surface area contributed by atoms with Crippen LogP contribution in [0, 0.1) is 0 Å². The third kappa shape index (κ3) is 3.63. The molecule has 1 rings (SSSR count). The van der Waals surface area contributed by atoms with E-state index in [4.69, 9.17) is 0 Å². The van der Waals surface area contributed by atoms with Crippen molar-refractivity contribution in [3.63, 3.8) is 0 Å². The zero-order valence-electron chi connectivity index (χ0n) is 8.97. The lowest BCUT2D eigenvalue weighted by atomic mass is 10.3. The molecule has 0 aromatic carbocycles. The fraction of sp³-hybridized carbons (Fsp3) is 1.00. The molecule has 1 saturated heterocycles. The summed E-state index contributed by atoms with van der Waals surface area (Å²) in [6.07, 6.45) is 4.27. The Morgan fingerprint density at radius 1 is 1.08 bits per heavy atom. The van der Waals surface area contributed by atoms with Crippen molar-refractivity contribution in [1.29, 1.82) is 0 Å². The van der Waals surface area contributed by atoms with E-state index in [1.165, 1.54) is 32.4 Å². The Labute approximate surface area is 81.9 Å². The summed E-state index contributed by atoms with van der Waals surface area (Å²) in [6, 6.07) is 0. The molecule has 1 aliphatic rings. The maximum absolute atomic E-state index is 3.47. The Morgan fingerprint density at radius 2 is 1.77 bits per heavy atom. The average molecular weight is 185 g/mol. The summed E-state index contributed by atoms with van der Waals surface area (Å²) in [4.78, 5) is 2.51. The third-order valence-electron chi connectivity index (χ3n) is 2.48. The molecule has 3 heteroatoms. The first-order chi connectivity index (χ1) is 6.38. The van der Waals surface area contributed by atoms with Crippen molar-refractivity contribution in [2.24, 2.45) is 0 Å². The van der Waals surface area contributed by atoms with Crippen molar-refractivity contribution in [2.75, 3.05) is 26.2 Å². The van der Waals surface area contributed by atoms with Crippen LogP contribution in [0.2, 0.25) is 0 Å². The molecule has 78 valence electrons. The smallest absolute Gasteiger partial charge is 0.114 e. The zero-order valence-corrected chi connectivity index (χ0v) is 8.97. The van der Waals surface area contributed by atoms with Crippen LogP contribution in [0.3, 0.4) is 0 Å². The number of hydrogen-bond donors (Lipinski definition) is 2. The monoisotopic (exact) mass is 185 g/mol. The maximum Gasteiger partial charge on any atom is 0.114 e. The van der Waals surface area contributed by atoms with E-state index in [2.05, 4.69) is 29.4 Å². The lowest BCUT2D eigenvalue weighted by Gasteiger charge is -2.28. The minimum absolute atomic E-state index is 0.437. The predicted octanol–water partition coefficient (Wildman–Crippen LogP) is 0.975. The molecule has 13 heavy (non-hydrogen) atoms. The van der Waals surface area contributed by atoms with Crippen LogP contribution in [-0.2, 0) is 0 Å². The van der Waals surface area contributed by atoms with Crippen LogP contribution in [0.5, 0.6) is 0 Å². The Hall–Kier alpha value is -0.120. The van der Waals surface area contributed by atoms with Gasteiger partial charge in [0.05, 0.1) is 0 Å². The fourth-order valence-electron chi connectivity index (χ4n) is 1.77. The molecular formula is C10H23N3. The normalized spacial score (nSPS) is 18.7. The van der Waals surface area contributed by atoms with Crippen LogP contribution >= 0.6 is 0 Å². The van der Waals surface area contributed by atoms with Gasteiger partial charge < -0.3 is 0 Å². The average Bonchev–Trinajstić information content (AvgIpc) is 2.65. The second kappa shape index (κ2) is 6.35. The van der Waals surface area contributed by atoms with Crippen molar-refractivity contribution in [2.45, 2.75) is 39.4 Å². The second-order valence-corrected chi connectivity index (χ2v) is 3.70. The highest BCUT2D eigenvalue weighted by Crippen LogP contribution is 2.01. The highest BCUT2D eigenvalue weighted by atomic mass is 15.4. The minimum Gasteiger partial charge on any atom is -0.288 e. The lowest BCUT2D eigenvalue weighted by molar-refractivity contribution is 0.162. The molecule has 0 atom stereocenters. The van der Waals surface area contributed by atoms with E-state index in [1.807, 2.05) is 0 Å². The standard InChI is InChI=1S/C10H23N3/c1-3-5-9-13(8-4-2)10-11-6-7-12-10/h10-12H,3-9H2,1-2H3. The van der Waals surface area contributed by atoms with Crippen molar-refractivity contribution in [3.8, 4) is 0 Å². The van der Waals surface area contributed by atoms with Gasteiger partial charge >= 0.3 is 0 Å². The molecule has 0 aromatic heterocycles. The Morgan fingerprint density at radius 3 is 2.31 bits per heavy atom. The molecule has 0 aromatic rings. The first-order valence-corrected chi connectivity index (χ1v) is 5.59. The molecule has 0 aliphatic carbocycles. The van der Waals surface area contributed by atoms with Gasteiger partial charge in [-0.3, -0.25) is 15.5 Å². The van der Waals surface area contributed by atoms with Crippen LogP contribution in [0.1, 0.15) is 33.1 Å². The molecule has 1 aliphatic heterocycles. The fourth-order valence-corrected chi connectivity index (χ4v) is 1.77. The molecule has 3 nitrogen and oxygen atoms in total. The minimum atomic E-state index is 0.437. The number of nitrogens with zero attached hydrogens (tertiary/aromatic N) is 1. The molecule has 0 radical (unpaired) electrons. The number of nitrogens with one attached hydrogen (secondary N) is 2. The quantitative estimate of drug-likeness (QED) is 0.646. The van der Waals surface area contributed by atoms with E-state index in [9.17, 15) is 0 Å². The van der Waals surface area contributed by atoms with E-state index < -0.39 is 0 Å². The van der Waals surface area contributed by atoms with Gasteiger partial charge in [0.2, 0.25) is 0 Å². The number of unbranched alkanes of at least 4 members (excludes halogenated alkanes) is 1. The summed E-state index contributed by atoms with van der Waals surface area (Å²) in [5, 5.41) is 6.93. The molecule has 0 bridgehead atoms. The molecule has 1 fully saturated rings. The highest BCUT2D eigenvalue weighted by molar-refractivity contribution is 4.73. The van der Waals surface area contributed by atoms with E-state index in [0.717, 1.165) is 13.1 Å². The molecule has 0 unspecified atom stereocenters. The summed E-state index contributed by atoms with van der Waals surface area (Å²) in [6.45, 7) is 9.13. The van der Waals surface area contributed by atoms with Crippen molar-refractivity contribution < 1.29 is 0 Å². The molecular weight excluding hydrogens is 162 g/mol. The molecule has 1 heterocycles. The first-order valence-electron chi connectivity index (χ1n) is 5.59. The van der Waals surface area contributed by atoms with Crippen LogP contribution in [0.15, 0.2) is 0 Å². The van der Waals surface area contributed by atoms with Crippen LogP contribution in [0.25, 0.3) is 0 Å².